The summed E-state index contributed by atoms with van der Waals surface area (Å²) in [7, 11) is 2.17. The van der Waals surface area contributed by atoms with Crippen molar-refractivity contribution in [3.8, 4) is 11.1 Å². The number of hydrogen-bond acceptors (Lipinski definition) is 5. The van der Waals surface area contributed by atoms with E-state index in [-0.39, 0.29) is 30.2 Å². The molecule has 4 aromatic rings. The highest BCUT2D eigenvalue weighted by molar-refractivity contribution is 6.00. The number of carbonyl (C=O) groups excluding carboxylic acids is 2. The molecule has 1 saturated carbocycles. The molecule has 3 aliphatic heterocycles. The number of nitrogens with one attached hydrogen (secondary N) is 1. The van der Waals surface area contributed by atoms with E-state index in [4.69, 9.17) is 4.98 Å². The Morgan fingerprint density at radius 1 is 1.03 bits per heavy atom. The van der Waals surface area contributed by atoms with Crippen molar-refractivity contribution >= 4 is 40.6 Å². The fourth-order valence-electron chi connectivity index (χ4n) is 9.92. The number of piperidine rings is 1. The molecule has 1 N–H and O–H groups in total. The smallest absolute Gasteiger partial charge is 0.260 e. The third kappa shape index (κ3) is 9.75. The van der Waals surface area contributed by atoms with E-state index in [1.807, 2.05) is 37.1 Å². The Hall–Kier alpha value is -5.09. The molecule has 4 fully saturated rings. The van der Waals surface area contributed by atoms with E-state index < -0.39 is 12.0 Å². The van der Waals surface area contributed by atoms with E-state index in [1.54, 1.807) is 6.07 Å². The first-order valence-corrected chi connectivity index (χ1v) is 22.9. The molecule has 62 heavy (non-hydrogen) atoms. The third-order valence-corrected chi connectivity index (χ3v) is 13.5. The van der Waals surface area contributed by atoms with Crippen molar-refractivity contribution in [1.29, 1.82) is 0 Å². The Morgan fingerprint density at radius 2 is 1.79 bits per heavy atom. The van der Waals surface area contributed by atoms with Crippen molar-refractivity contribution in [1.82, 2.24) is 24.7 Å². The van der Waals surface area contributed by atoms with Crippen LogP contribution >= 0.6 is 0 Å². The predicted octanol–water partition coefficient (Wildman–Crippen LogP) is 9.28. The number of alkyl halides is 2. The topological polar surface area (TPSA) is 73.7 Å². The molecule has 8 nitrogen and oxygen atoms in total. The first-order valence-electron chi connectivity index (χ1n) is 22.9. The van der Waals surface area contributed by atoms with Crippen molar-refractivity contribution in [2.45, 2.75) is 110 Å². The number of pyridine rings is 1. The molecule has 1 aliphatic carbocycles. The van der Waals surface area contributed by atoms with E-state index in [0.717, 1.165) is 55.9 Å². The minimum absolute atomic E-state index is 0.0230. The number of rotatable bonds is 14. The number of likely N-dealkylation sites (tertiary alicyclic amines) is 1. The molecule has 1 spiro atoms. The molecular weight excluding hydrogens is 779 g/mol. The fraction of sp³-hybridized carbons (Fsp3) is 0.481. The van der Waals surface area contributed by atoms with Gasteiger partial charge in [0.15, 0.2) is 0 Å². The summed E-state index contributed by atoms with van der Waals surface area (Å²) < 4.78 is 30.7. The predicted molar refractivity (Wildman–Crippen MR) is 249 cm³/mol. The van der Waals surface area contributed by atoms with Gasteiger partial charge in [0.05, 0.1) is 6.54 Å². The number of nitrogens with zero attached hydrogens (tertiary/aromatic N) is 5. The molecule has 2 aromatic heterocycles. The molecule has 4 aliphatic rings. The van der Waals surface area contributed by atoms with Gasteiger partial charge in [0.25, 0.3) is 11.8 Å². The van der Waals surface area contributed by atoms with Gasteiger partial charge in [0.1, 0.15) is 6.04 Å². The minimum atomic E-state index is -2.61. The highest BCUT2D eigenvalue weighted by Gasteiger charge is 2.53. The van der Waals surface area contributed by atoms with Crippen LogP contribution in [0.4, 0.5) is 14.5 Å². The Morgan fingerprint density at radius 3 is 2.40 bits per heavy atom. The van der Waals surface area contributed by atoms with Gasteiger partial charge in [-0.1, -0.05) is 89.5 Å². The highest BCUT2D eigenvalue weighted by atomic mass is 19.3. The van der Waals surface area contributed by atoms with Crippen LogP contribution in [0.5, 0.6) is 0 Å². The second-order valence-corrected chi connectivity index (χ2v) is 18.4. The lowest BCUT2D eigenvalue weighted by Crippen LogP contribution is -2.73. The Labute approximate surface area is 367 Å². The van der Waals surface area contributed by atoms with Gasteiger partial charge in [-0.3, -0.25) is 19.5 Å². The normalized spacial score (nSPS) is 19.4. The number of anilines is 1. The summed E-state index contributed by atoms with van der Waals surface area (Å²) in [5.74, 6) is -2.24. The van der Waals surface area contributed by atoms with E-state index in [1.165, 1.54) is 68.7 Å². The molecule has 3 saturated heterocycles. The zero-order valence-electron chi connectivity index (χ0n) is 37.6. The van der Waals surface area contributed by atoms with Crippen LogP contribution in [0.3, 0.4) is 0 Å². The molecule has 0 bridgehead atoms. The van der Waals surface area contributed by atoms with Crippen LogP contribution in [-0.2, 0) is 18.3 Å². The monoisotopic (exact) mass is 845 g/mol. The summed E-state index contributed by atoms with van der Waals surface area (Å²) in [6.45, 7) is 18.7. The lowest BCUT2D eigenvalue weighted by Gasteiger charge is -2.61. The third-order valence-electron chi connectivity index (χ3n) is 13.5. The zero-order valence-corrected chi connectivity index (χ0v) is 37.6. The van der Waals surface area contributed by atoms with Crippen LogP contribution < -0.4 is 20.8 Å². The van der Waals surface area contributed by atoms with Gasteiger partial charge in [-0.15, -0.1) is 0 Å². The van der Waals surface area contributed by atoms with E-state index >= 15 is 0 Å². The Balaban J connectivity index is 0.000000196. The van der Waals surface area contributed by atoms with Crippen molar-refractivity contribution in [2.24, 2.45) is 18.4 Å². The van der Waals surface area contributed by atoms with Crippen molar-refractivity contribution in [3.63, 3.8) is 0 Å². The van der Waals surface area contributed by atoms with Crippen molar-refractivity contribution in [2.75, 3.05) is 37.6 Å². The molecule has 330 valence electrons. The summed E-state index contributed by atoms with van der Waals surface area (Å²) in [6, 6.07) is 16.4. The zero-order chi connectivity index (χ0) is 44.2. The number of aromatic nitrogens is 2. The van der Waals surface area contributed by atoms with Crippen LogP contribution in [0.1, 0.15) is 107 Å². The average Bonchev–Trinajstić information content (AvgIpc) is 3.47. The summed E-state index contributed by atoms with van der Waals surface area (Å²) in [4.78, 5) is 35.9. The highest BCUT2D eigenvalue weighted by Crippen LogP contribution is 2.43. The maximum atomic E-state index is 14.2. The molecule has 8 rings (SSSR count). The summed E-state index contributed by atoms with van der Waals surface area (Å²) in [5.41, 5.74) is 8.11. The number of benzene rings is 2. The number of allylic oxidation sites excluding steroid dienone is 1. The lowest BCUT2D eigenvalue weighted by atomic mass is 9.72. The van der Waals surface area contributed by atoms with Gasteiger partial charge >= 0.3 is 0 Å². The van der Waals surface area contributed by atoms with Crippen LogP contribution in [0, 0.1) is 18.3 Å². The van der Waals surface area contributed by atoms with Gasteiger partial charge in [-0.2, -0.15) is 0 Å². The van der Waals surface area contributed by atoms with Crippen LogP contribution in [-0.4, -0.2) is 75.9 Å². The Bertz CT molecular complexity index is 2400. The lowest BCUT2D eigenvalue weighted by molar-refractivity contribution is -0.125. The number of unbranched alkanes of at least 4 members (excludes halogenated alkanes) is 2. The van der Waals surface area contributed by atoms with Crippen LogP contribution in [0.2, 0.25) is 0 Å². The molecule has 1 unspecified atom stereocenters. The maximum absolute atomic E-state index is 14.2. The maximum Gasteiger partial charge on any atom is 0.260 e. The van der Waals surface area contributed by atoms with E-state index in [0.29, 0.717) is 43.6 Å². The minimum Gasteiger partial charge on any atom is -0.370 e. The summed E-state index contributed by atoms with van der Waals surface area (Å²) in [5, 5.41) is 6.70. The second kappa shape index (κ2) is 19.1. The molecule has 1 atom stereocenters. The number of amides is 2. The molecule has 5 heterocycles. The van der Waals surface area contributed by atoms with Crippen molar-refractivity contribution < 1.29 is 18.4 Å². The van der Waals surface area contributed by atoms with E-state index in [9.17, 15) is 18.4 Å². The summed E-state index contributed by atoms with van der Waals surface area (Å²) >= 11 is 0. The molecular formula is C52H66F2N6O2. The van der Waals surface area contributed by atoms with Crippen molar-refractivity contribution in [3.05, 3.63) is 107 Å². The SMILES string of the molecule is C/C=c1\c(=C/CC)n(C)c2cc(-c3ccc(CC4CCC4)nc3)ccc12.C=CN(C(=O)c1ccc(N2CC3(CN(CC(F)(F)CCCCC)C3)C2)cc1C)C1CCC(=C)NC1=O. The number of fused-ring (bicyclic) bond motifs is 1. The Kier molecular flexibility index (Phi) is 13.9. The average molecular weight is 845 g/mol. The largest absolute Gasteiger partial charge is 0.370 e. The van der Waals surface area contributed by atoms with Gasteiger partial charge in [-0.05, 0) is 93.3 Å². The second-order valence-electron chi connectivity index (χ2n) is 18.4. The number of hydrogen-bond donors (Lipinski definition) is 1. The quantitative estimate of drug-likeness (QED) is 0.128. The standard InChI is InChI=1S/C28H38F2N4O2.C24H28N2/c1-5-7-8-13-28(29,30)19-32-15-27(16-32)17-33(18-27)22-10-11-23(20(3)14-22)26(36)34(6-2)24-12-9-21(4)31-25(24)35;1-4-7-23-21(5-2)22-13-11-18(15-24(22)26(23)3)19-10-12-20(25-16-19)14-17-8-6-9-17/h6,10-11,14,24H,2,4-5,7-9,12-13,15-19H2,1,3H3,(H,31,35);5,7,10-13,15-17H,4,6,8-9,14H2,1-3H3/b;21-5-,23-7+. The first kappa shape index (κ1) is 44.9. The van der Waals surface area contributed by atoms with Crippen LogP contribution in [0.25, 0.3) is 34.2 Å². The first-order chi connectivity index (χ1) is 29.8. The fourth-order valence-corrected chi connectivity index (χ4v) is 9.92. The molecule has 10 heteroatoms. The van der Waals surface area contributed by atoms with Crippen LogP contribution in [0.15, 0.2) is 79.8 Å². The van der Waals surface area contributed by atoms with E-state index in [2.05, 4.69) is 91.3 Å². The molecule has 0 radical (unpaired) electrons. The molecule has 2 amide bonds. The molecule has 2 aromatic carbocycles. The number of carbonyl (C=O) groups is 2. The van der Waals surface area contributed by atoms with Gasteiger partial charge in [0, 0.05) is 107 Å². The number of aryl methyl sites for hydroxylation is 2. The summed E-state index contributed by atoms with van der Waals surface area (Å²) in [6.07, 6.45) is 17.8. The van der Waals surface area contributed by atoms with Gasteiger partial charge < -0.3 is 19.7 Å². The van der Waals surface area contributed by atoms with Gasteiger partial charge in [-0.25, -0.2) is 8.78 Å². The van der Waals surface area contributed by atoms with Gasteiger partial charge in [0.2, 0.25) is 5.91 Å². The number of halogens is 2.